The molecule has 0 saturated carbocycles. The van der Waals surface area contributed by atoms with E-state index in [1.807, 2.05) is 30.5 Å². The fraction of sp³-hybridized carbons (Fsp3) is 0.118. The molecule has 3 rings (SSSR count). The summed E-state index contributed by atoms with van der Waals surface area (Å²) in [5.41, 5.74) is 3.43. The van der Waals surface area contributed by atoms with Crippen LogP contribution in [0.2, 0.25) is 0 Å². The second-order valence-electron chi connectivity index (χ2n) is 4.70. The number of ether oxygens (including phenoxy) is 2. The predicted octanol–water partition coefficient (Wildman–Crippen LogP) is 3.66. The van der Waals surface area contributed by atoms with Crippen molar-refractivity contribution in [2.45, 2.75) is 0 Å². The first-order chi connectivity index (χ1) is 10.3. The van der Waals surface area contributed by atoms with Crippen molar-refractivity contribution in [3.05, 3.63) is 48.2 Å². The molecule has 0 saturated heterocycles. The van der Waals surface area contributed by atoms with Crippen LogP contribution in [0.15, 0.2) is 42.6 Å². The van der Waals surface area contributed by atoms with Crippen LogP contribution in [-0.2, 0) is 0 Å². The van der Waals surface area contributed by atoms with Gasteiger partial charge in [0.2, 0.25) is 0 Å². The van der Waals surface area contributed by atoms with Crippen molar-refractivity contribution in [3.63, 3.8) is 0 Å². The number of hydrogen-bond donors (Lipinski definition) is 1. The first-order valence-electron chi connectivity index (χ1n) is 6.55. The molecule has 0 radical (unpaired) electrons. The van der Waals surface area contributed by atoms with E-state index in [4.69, 9.17) is 9.47 Å². The Morgan fingerprint density at radius 1 is 1.05 bits per heavy atom. The van der Waals surface area contributed by atoms with E-state index in [2.05, 4.69) is 11.1 Å². The van der Waals surface area contributed by atoms with Gasteiger partial charge in [0.05, 0.1) is 14.2 Å². The second kappa shape index (κ2) is 5.32. The van der Waals surface area contributed by atoms with Gasteiger partial charge in [-0.05, 0) is 41.3 Å². The van der Waals surface area contributed by atoms with E-state index < -0.39 is 0 Å². The van der Waals surface area contributed by atoms with Gasteiger partial charge >= 0.3 is 0 Å². The van der Waals surface area contributed by atoms with Gasteiger partial charge in [-0.3, -0.25) is 4.79 Å². The molecule has 21 heavy (non-hydrogen) atoms. The zero-order chi connectivity index (χ0) is 14.8. The Morgan fingerprint density at radius 2 is 1.90 bits per heavy atom. The van der Waals surface area contributed by atoms with Gasteiger partial charge in [-0.2, -0.15) is 0 Å². The Labute approximate surface area is 122 Å². The van der Waals surface area contributed by atoms with Crippen LogP contribution in [0.1, 0.15) is 10.4 Å². The minimum Gasteiger partial charge on any atom is -0.493 e. The van der Waals surface area contributed by atoms with Crippen LogP contribution in [-0.4, -0.2) is 25.5 Å². The SMILES string of the molecule is COc1cc(C=O)cc(-c2ccc3[nH]ccc3c2)c1OC. The highest BCUT2D eigenvalue weighted by Crippen LogP contribution is 2.39. The minimum atomic E-state index is 0.547. The third-order valence-corrected chi connectivity index (χ3v) is 3.50. The average molecular weight is 281 g/mol. The molecule has 1 aromatic heterocycles. The summed E-state index contributed by atoms with van der Waals surface area (Å²) in [5.74, 6) is 1.17. The molecule has 4 heteroatoms. The number of nitrogens with one attached hydrogen (secondary N) is 1. The van der Waals surface area contributed by atoms with Crippen LogP contribution in [0.3, 0.4) is 0 Å². The van der Waals surface area contributed by atoms with Crippen LogP contribution in [0.25, 0.3) is 22.0 Å². The Kier molecular flexibility index (Phi) is 3.36. The maximum Gasteiger partial charge on any atom is 0.168 e. The van der Waals surface area contributed by atoms with E-state index in [1.54, 1.807) is 20.3 Å². The number of rotatable bonds is 4. The molecule has 0 atom stereocenters. The number of aldehydes is 1. The van der Waals surface area contributed by atoms with Crippen molar-refractivity contribution in [1.29, 1.82) is 0 Å². The number of carbonyl (C=O) groups is 1. The smallest absolute Gasteiger partial charge is 0.168 e. The van der Waals surface area contributed by atoms with Crippen molar-refractivity contribution in [1.82, 2.24) is 4.98 Å². The first kappa shape index (κ1) is 13.2. The van der Waals surface area contributed by atoms with E-state index in [9.17, 15) is 4.79 Å². The number of methoxy groups -OCH3 is 2. The van der Waals surface area contributed by atoms with Crippen molar-refractivity contribution >= 4 is 17.2 Å². The summed E-state index contributed by atoms with van der Waals surface area (Å²) in [6.45, 7) is 0. The van der Waals surface area contributed by atoms with Gasteiger partial charge in [0.1, 0.15) is 6.29 Å². The van der Waals surface area contributed by atoms with Crippen LogP contribution >= 0.6 is 0 Å². The normalized spacial score (nSPS) is 10.6. The number of hydrogen-bond acceptors (Lipinski definition) is 3. The topological polar surface area (TPSA) is 51.3 Å². The zero-order valence-electron chi connectivity index (χ0n) is 11.8. The zero-order valence-corrected chi connectivity index (χ0v) is 11.8. The standard InChI is InChI=1S/C17H15NO3/c1-20-16-8-11(10-19)7-14(17(16)21-2)12-3-4-15-13(9-12)5-6-18-15/h3-10,18H,1-2H3. The van der Waals surface area contributed by atoms with E-state index in [-0.39, 0.29) is 0 Å². The lowest BCUT2D eigenvalue weighted by atomic mass is 10.00. The Balaban J connectivity index is 2.25. The molecule has 0 unspecified atom stereocenters. The fourth-order valence-electron chi connectivity index (χ4n) is 2.49. The highest BCUT2D eigenvalue weighted by molar-refractivity contribution is 5.89. The molecule has 4 nitrogen and oxygen atoms in total. The Morgan fingerprint density at radius 3 is 2.62 bits per heavy atom. The maximum atomic E-state index is 11.1. The quantitative estimate of drug-likeness (QED) is 0.742. The molecule has 0 amide bonds. The Hall–Kier alpha value is -2.75. The highest BCUT2D eigenvalue weighted by atomic mass is 16.5. The van der Waals surface area contributed by atoms with E-state index in [0.717, 1.165) is 28.3 Å². The number of aromatic nitrogens is 1. The highest BCUT2D eigenvalue weighted by Gasteiger charge is 2.14. The number of benzene rings is 2. The van der Waals surface area contributed by atoms with E-state index in [1.165, 1.54) is 0 Å². The molecule has 0 aliphatic carbocycles. The van der Waals surface area contributed by atoms with Gasteiger partial charge in [0.25, 0.3) is 0 Å². The van der Waals surface area contributed by atoms with Gasteiger partial charge in [-0.15, -0.1) is 0 Å². The average Bonchev–Trinajstić information content (AvgIpc) is 3.00. The monoisotopic (exact) mass is 281 g/mol. The third-order valence-electron chi connectivity index (χ3n) is 3.50. The molecule has 1 heterocycles. The summed E-state index contributed by atoms with van der Waals surface area (Å²) in [6.07, 6.45) is 2.70. The first-order valence-corrected chi connectivity index (χ1v) is 6.55. The minimum absolute atomic E-state index is 0.547. The van der Waals surface area contributed by atoms with E-state index >= 15 is 0 Å². The molecule has 1 N–H and O–H groups in total. The summed E-state index contributed by atoms with van der Waals surface area (Å²) in [5, 5.41) is 1.10. The maximum absolute atomic E-state index is 11.1. The molecule has 2 aromatic carbocycles. The largest absolute Gasteiger partial charge is 0.493 e. The molecule has 3 aromatic rings. The van der Waals surface area contributed by atoms with Gasteiger partial charge in [0, 0.05) is 22.8 Å². The lowest BCUT2D eigenvalue weighted by Gasteiger charge is -2.14. The van der Waals surface area contributed by atoms with E-state index in [0.29, 0.717) is 17.1 Å². The second-order valence-corrected chi connectivity index (χ2v) is 4.70. The summed E-state index contributed by atoms with van der Waals surface area (Å²) in [6, 6.07) is 11.5. The van der Waals surface area contributed by atoms with Crippen LogP contribution < -0.4 is 9.47 Å². The summed E-state index contributed by atoms with van der Waals surface area (Å²) in [7, 11) is 3.16. The van der Waals surface area contributed by atoms with Gasteiger partial charge in [-0.25, -0.2) is 0 Å². The molecule has 0 spiro atoms. The molecule has 0 aliphatic rings. The summed E-state index contributed by atoms with van der Waals surface area (Å²) >= 11 is 0. The number of fused-ring (bicyclic) bond motifs is 1. The molecule has 0 bridgehead atoms. The van der Waals surface area contributed by atoms with Crippen molar-refractivity contribution < 1.29 is 14.3 Å². The van der Waals surface area contributed by atoms with Gasteiger partial charge < -0.3 is 14.5 Å². The van der Waals surface area contributed by atoms with Crippen molar-refractivity contribution in [3.8, 4) is 22.6 Å². The lowest BCUT2D eigenvalue weighted by molar-refractivity contribution is 0.112. The van der Waals surface area contributed by atoms with Crippen molar-refractivity contribution in [2.75, 3.05) is 14.2 Å². The molecular weight excluding hydrogens is 266 g/mol. The summed E-state index contributed by atoms with van der Waals surface area (Å²) in [4.78, 5) is 14.3. The molecule has 106 valence electrons. The Bertz CT molecular complexity index is 805. The van der Waals surface area contributed by atoms with Gasteiger partial charge in [-0.1, -0.05) is 6.07 Å². The van der Waals surface area contributed by atoms with Crippen molar-refractivity contribution in [2.24, 2.45) is 0 Å². The molecule has 0 aliphatic heterocycles. The van der Waals surface area contributed by atoms with Crippen LogP contribution in [0.5, 0.6) is 11.5 Å². The number of carbonyl (C=O) groups excluding carboxylic acids is 1. The predicted molar refractivity (Wildman–Crippen MR) is 82.2 cm³/mol. The lowest BCUT2D eigenvalue weighted by Crippen LogP contribution is -1.95. The van der Waals surface area contributed by atoms with Gasteiger partial charge in [0.15, 0.2) is 11.5 Å². The third kappa shape index (κ3) is 2.25. The molecular formula is C17H15NO3. The van der Waals surface area contributed by atoms with Crippen LogP contribution in [0, 0.1) is 0 Å². The fourth-order valence-corrected chi connectivity index (χ4v) is 2.49. The molecule has 0 fully saturated rings. The summed E-state index contributed by atoms with van der Waals surface area (Å²) < 4.78 is 10.8. The number of H-pyrrole nitrogens is 1. The number of aromatic amines is 1. The van der Waals surface area contributed by atoms with Crippen LogP contribution in [0.4, 0.5) is 0 Å².